The Labute approximate surface area is 115 Å². The molecule has 0 spiro atoms. The molecule has 0 amide bonds. The van der Waals surface area contributed by atoms with Gasteiger partial charge in [-0.3, -0.25) is 4.90 Å². The van der Waals surface area contributed by atoms with E-state index in [0.717, 1.165) is 18.1 Å². The minimum Gasteiger partial charge on any atom is -0.312 e. The van der Waals surface area contributed by atoms with Crippen LogP contribution in [0.2, 0.25) is 5.02 Å². The molecule has 1 aliphatic heterocycles. The summed E-state index contributed by atoms with van der Waals surface area (Å²) in [6.07, 6.45) is 1.22. The molecule has 1 fully saturated rings. The predicted octanol–water partition coefficient (Wildman–Crippen LogP) is 3.33. The third kappa shape index (κ3) is 3.25. The number of likely N-dealkylation sites (N-methyl/N-ethyl adjacent to an activating group) is 1. The summed E-state index contributed by atoms with van der Waals surface area (Å²) in [5.41, 5.74) is 1.36. The second-order valence-electron chi connectivity index (χ2n) is 5.67. The summed E-state index contributed by atoms with van der Waals surface area (Å²) in [5, 5.41) is 4.51. The highest BCUT2D eigenvalue weighted by molar-refractivity contribution is 6.30. The van der Waals surface area contributed by atoms with E-state index in [9.17, 15) is 0 Å². The molecule has 0 saturated carbocycles. The van der Waals surface area contributed by atoms with Crippen LogP contribution >= 0.6 is 11.6 Å². The van der Waals surface area contributed by atoms with Crippen LogP contribution in [0.3, 0.4) is 0 Å². The van der Waals surface area contributed by atoms with Crippen LogP contribution in [0, 0.1) is 5.92 Å². The Bertz CT molecular complexity index is 375. The molecule has 1 aromatic rings. The summed E-state index contributed by atoms with van der Waals surface area (Å²) < 4.78 is 0. The molecule has 2 atom stereocenters. The van der Waals surface area contributed by atoms with Crippen molar-refractivity contribution in [2.45, 2.75) is 32.4 Å². The van der Waals surface area contributed by atoms with E-state index in [1.807, 2.05) is 12.1 Å². The molecule has 1 aliphatic rings. The zero-order chi connectivity index (χ0) is 13.1. The third-order valence-corrected chi connectivity index (χ3v) is 3.90. The standard InChI is InChI=1S/C15H23ClN2/c1-11(2)10-17-14-8-9-18(3)15(14)12-4-6-13(16)7-5-12/h4-7,11,14-15,17H,8-10H2,1-3H3. The summed E-state index contributed by atoms with van der Waals surface area (Å²) in [5.74, 6) is 0.696. The lowest BCUT2D eigenvalue weighted by atomic mass is 10.00. The Morgan fingerprint density at radius 2 is 2.00 bits per heavy atom. The quantitative estimate of drug-likeness (QED) is 0.899. The number of benzene rings is 1. The fraction of sp³-hybridized carbons (Fsp3) is 0.600. The van der Waals surface area contributed by atoms with E-state index in [-0.39, 0.29) is 0 Å². The molecule has 0 bridgehead atoms. The molecule has 2 rings (SSSR count). The molecule has 0 aromatic heterocycles. The van der Waals surface area contributed by atoms with Gasteiger partial charge in [-0.25, -0.2) is 0 Å². The molecular formula is C15H23ClN2. The monoisotopic (exact) mass is 266 g/mol. The molecule has 2 nitrogen and oxygen atoms in total. The maximum Gasteiger partial charge on any atom is 0.0498 e. The van der Waals surface area contributed by atoms with E-state index < -0.39 is 0 Å². The third-order valence-electron chi connectivity index (χ3n) is 3.65. The highest BCUT2D eigenvalue weighted by Crippen LogP contribution is 2.31. The fourth-order valence-corrected chi connectivity index (χ4v) is 2.82. The van der Waals surface area contributed by atoms with E-state index in [1.54, 1.807) is 0 Å². The molecule has 0 aliphatic carbocycles. The Hall–Kier alpha value is -0.570. The first-order valence-electron chi connectivity index (χ1n) is 6.77. The van der Waals surface area contributed by atoms with Gasteiger partial charge in [0.05, 0.1) is 0 Å². The SMILES string of the molecule is CC(C)CNC1CCN(C)C1c1ccc(Cl)cc1. The molecule has 1 heterocycles. The molecule has 2 unspecified atom stereocenters. The fourth-order valence-electron chi connectivity index (χ4n) is 2.69. The van der Waals surface area contributed by atoms with Gasteiger partial charge in [-0.05, 0) is 43.6 Å². The van der Waals surface area contributed by atoms with Crippen molar-refractivity contribution >= 4 is 11.6 Å². The van der Waals surface area contributed by atoms with Crippen molar-refractivity contribution in [2.75, 3.05) is 20.1 Å². The number of hydrogen-bond donors (Lipinski definition) is 1. The molecule has 1 N–H and O–H groups in total. The van der Waals surface area contributed by atoms with Crippen molar-refractivity contribution in [2.24, 2.45) is 5.92 Å². The smallest absolute Gasteiger partial charge is 0.0498 e. The van der Waals surface area contributed by atoms with Gasteiger partial charge >= 0.3 is 0 Å². The summed E-state index contributed by atoms with van der Waals surface area (Å²) in [6.45, 7) is 6.75. The van der Waals surface area contributed by atoms with E-state index in [4.69, 9.17) is 11.6 Å². The van der Waals surface area contributed by atoms with Crippen LogP contribution in [0.1, 0.15) is 31.9 Å². The van der Waals surface area contributed by atoms with Gasteiger partial charge < -0.3 is 5.32 Å². The second-order valence-corrected chi connectivity index (χ2v) is 6.11. The van der Waals surface area contributed by atoms with E-state index >= 15 is 0 Å². The number of rotatable bonds is 4. The van der Waals surface area contributed by atoms with Crippen molar-refractivity contribution in [3.63, 3.8) is 0 Å². The Kier molecular flexibility index (Phi) is 4.66. The highest BCUT2D eigenvalue weighted by atomic mass is 35.5. The number of halogens is 1. The van der Waals surface area contributed by atoms with Gasteiger partial charge in [0.25, 0.3) is 0 Å². The normalized spacial score (nSPS) is 24.9. The first-order chi connectivity index (χ1) is 8.58. The minimum absolute atomic E-state index is 0.473. The average molecular weight is 267 g/mol. The van der Waals surface area contributed by atoms with Crippen LogP contribution in [0.15, 0.2) is 24.3 Å². The van der Waals surface area contributed by atoms with Gasteiger partial charge in [0.2, 0.25) is 0 Å². The first-order valence-corrected chi connectivity index (χ1v) is 7.15. The Morgan fingerprint density at radius 1 is 1.33 bits per heavy atom. The number of likely N-dealkylation sites (tertiary alicyclic amines) is 1. The average Bonchev–Trinajstić information content (AvgIpc) is 2.69. The molecule has 18 heavy (non-hydrogen) atoms. The van der Waals surface area contributed by atoms with Crippen molar-refractivity contribution < 1.29 is 0 Å². The van der Waals surface area contributed by atoms with Crippen LogP contribution in [0.5, 0.6) is 0 Å². The zero-order valence-corrected chi connectivity index (χ0v) is 12.2. The first kappa shape index (κ1) is 13.9. The zero-order valence-electron chi connectivity index (χ0n) is 11.5. The van der Waals surface area contributed by atoms with Crippen LogP contribution in [-0.4, -0.2) is 31.1 Å². The van der Waals surface area contributed by atoms with Gasteiger partial charge in [-0.1, -0.05) is 37.6 Å². The molecular weight excluding hydrogens is 244 g/mol. The van der Waals surface area contributed by atoms with Crippen molar-refractivity contribution in [1.82, 2.24) is 10.2 Å². The van der Waals surface area contributed by atoms with Gasteiger partial charge in [-0.2, -0.15) is 0 Å². The summed E-state index contributed by atoms with van der Waals surface area (Å²) in [4.78, 5) is 2.43. The number of nitrogens with zero attached hydrogens (tertiary/aromatic N) is 1. The highest BCUT2D eigenvalue weighted by Gasteiger charge is 2.32. The summed E-state index contributed by atoms with van der Waals surface area (Å²) in [7, 11) is 2.20. The largest absolute Gasteiger partial charge is 0.312 e. The molecule has 0 radical (unpaired) electrons. The number of hydrogen-bond acceptors (Lipinski definition) is 2. The van der Waals surface area contributed by atoms with Gasteiger partial charge in [0, 0.05) is 23.7 Å². The summed E-state index contributed by atoms with van der Waals surface area (Å²) in [6, 6.07) is 9.31. The molecule has 3 heteroatoms. The van der Waals surface area contributed by atoms with Gasteiger partial charge in [0.15, 0.2) is 0 Å². The lowest BCUT2D eigenvalue weighted by Crippen LogP contribution is -2.36. The van der Waals surface area contributed by atoms with Crippen LogP contribution in [-0.2, 0) is 0 Å². The summed E-state index contributed by atoms with van der Waals surface area (Å²) >= 11 is 5.96. The molecule has 1 aromatic carbocycles. The van der Waals surface area contributed by atoms with E-state index in [0.29, 0.717) is 18.0 Å². The topological polar surface area (TPSA) is 15.3 Å². The number of nitrogens with one attached hydrogen (secondary N) is 1. The minimum atomic E-state index is 0.473. The maximum absolute atomic E-state index is 5.96. The van der Waals surface area contributed by atoms with Gasteiger partial charge in [0.1, 0.15) is 0 Å². The van der Waals surface area contributed by atoms with Crippen LogP contribution < -0.4 is 5.32 Å². The lowest BCUT2D eigenvalue weighted by molar-refractivity contribution is 0.283. The Balaban J connectivity index is 2.09. The lowest BCUT2D eigenvalue weighted by Gasteiger charge is -2.27. The maximum atomic E-state index is 5.96. The molecule has 100 valence electrons. The van der Waals surface area contributed by atoms with E-state index in [2.05, 4.69) is 43.2 Å². The Morgan fingerprint density at radius 3 is 2.61 bits per heavy atom. The van der Waals surface area contributed by atoms with Crippen molar-refractivity contribution in [3.8, 4) is 0 Å². The second kappa shape index (κ2) is 6.05. The van der Waals surface area contributed by atoms with E-state index in [1.165, 1.54) is 12.0 Å². The van der Waals surface area contributed by atoms with Gasteiger partial charge in [-0.15, -0.1) is 0 Å². The van der Waals surface area contributed by atoms with Crippen molar-refractivity contribution in [1.29, 1.82) is 0 Å². The van der Waals surface area contributed by atoms with Crippen LogP contribution in [0.4, 0.5) is 0 Å². The van der Waals surface area contributed by atoms with Crippen molar-refractivity contribution in [3.05, 3.63) is 34.9 Å². The van der Waals surface area contributed by atoms with Crippen LogP contribution in [0.25, 0.3) is 0 Å². The molecule has 1 saturated heterocycles. The predicted molar refractivity (Wildman–Crippen MR) is 78.1 cm³/mol.